The molecule has 0 spiro atoms. The average molecular weight is 314 g/mol. The quantitative estimate of drug-likeness (QED) is 0.868. The van der Waals surface area contributed by atoms with E-state index in [1.165, 1.54) is 0 Å². The highest BCUT2D eigenvalue weighted by atomic mass is 79.9. The second-order valence-electron chi connectivity index (χ2n) is 2.69. The lowest BCUT2D eigenvalue weighted by Crippen LogP contribution is -2.21. The summed E-state index contributed by atoms with van der Waals surface area (Å²) in [4.78, 5) is 10.4. The van der Waals surface area contributed by atoms with E-state index in [-0.39, 0.29) is 6.61 Å². The van der Waals surface area contributed by atoms with Crippen LogP contribution in [0.3, 0.4) is 0 Å². The maximum Gasteiger partial charge on any atom is 0.325 e. The zero-order chi connectivity index (χ0) is 11.4. The maximum atomic E-state index is 10.4. The number of aliphatic carboxylic acids is 1. The van der Waals surface area contributed by atoms with Crippen LogP contribution in [0.4, 0.5) is 0 Å². The number of hydrogen-bond donors (Lipinski definition) is 1. The van der Waals surface area contributed by atoms with Gasteiger partial charge < -0.3 is 9.84 Å². The Balaban J connectivity index is 2.65. The van der Waals surface area contributed by atoms with Crippen LogP contribution in [0.5, 0.6) is 5.75 Å². The fraction of sp³-hybridized carbons (Fsp3) is 0.222. The van der Waals surface area contributed by atoms with Gasteiger partial charge in [0.25, 0.3) is 0 Å². The van der Waals surface area contributed by atoms with Crippen molar-refractivity contribution < 1.29 is 14.6 Å². The second kappa shape index (κ2) is 5.58. The minimum Gasteiger partial charge on any atom is -0.490 e. The standard InChI is InChI=1S/C9H7BrCl2O3/c10-5-1-2-6(11)8(3-5)15-4-7(12)9(13)14/h1-3,7H,4H2,(H,13,14). The van der Waals surface area contributed by atoms with Crippen LogP contribution in [-0.2, 0) is 4.79 Å². The average Bonchev–Trinajstić information content (AvgIpc) is 2.18. The van der Waals surface area contributed by atoms with Crippen LogP contribution in [0.1, 0.15) is 0 Å². The number of hydrogen-bond acceptors (Lipinski definition) is 2. The lowest BCUT2D eigenvalue weighted by Gasteiger charge is -2.09. The first-order valence-electron chi connectivity index (χ1n) is 3.95. The van der Waals surface area contributed by atoms with E-state index >= 15 is 0 Å². The smallest absolute Gasteiger partial charge is 0.325 e. The van der Waals surface area contributed by atoms with E-state index < -0.39 is 11.3 Å². The third kappa shape index (κ3) is 3.89. The summed E-state index contributed by atoms with van der Waals surface area (Å²) in [7, 11) is 0. The van der Waals surface area contributed by atoms with Gasteiger partial charge >= 0.3 is 5.97 Å². The summed E-state index contributed by atoms with van der Waals surface area (Å²) in [5.74, 6) is -0.722. The third-order valence-corrected chi connectivity index (χ3v) is 2.66. The second-order valence-corrected chi connectivity index (χ2v) is 4.54. The Hall–Kier alpha value is -0.450. The highest BCUT2D eigenvalue weighted by Crippen LogP contribution is 2.28. The number of carbonyl (C=O) groups is 1. The molecule has 1 N–H and O–H groups in total. The number of rotatable bonds is 4. The summed E-state index contributed by atoms with van der Waals surface area (Å²) in [5.41, 5.74) is 0. The molecule has 1 aromatic carbocycles. The Morgan fingerprint density at radius 1 is 1.60 bits per heavy atom. The molecule has 0 radical (unpaired) electrons. The number of ether oxygens (including phenoxy) is 1. The van der Waals surface area contributed by atoms with Gasteiger partial charge in [-0.25, -0.2) is 0 Å². The number of carboxylic acid groups (broad SMARTS) is 1. The van der Waals surface area contributed by atoms with Gasteiger partial charge in [-0.15, -0.1) is 11.6 Å². The van der Waals surface area contributed by atoms with E-state index in [0.717, 1.165) is 4.47 Å². The molecule has 82 valence electrons. The molecule has 0 bridgehead atoms. The van der Waals surface area contributed by atoms with E-state index in [4.69, 9.17) is 33.0 Å². The lowest BCUT2D eigenvalue weighted by molar-refractivity contribution is -0.137. The largest absolute Gasteiger partial charge is 0.490 e. The zero-order valence-corrected chi connectivity index (χ0v) is 10.5. The molecule has 0 aliphatic carbocycles. The Bertz CT molecular complexity index is 370. The number of alkyl halides is 1. The van der Waals surface area contributed by atoms with E-state index in [1.54, 1.807) is 18.2 Å². The van der Waals surface area contributed by atoms with Crippen molar-refractivity contribution in [2.75, 3.05) is 6.61 Å². The Labute approximate surface area is 105 Å². The van der Waals surface area contributed by atoms with Crippen LogP contribution < -0.4 is 4.74 Å². The van der Waals surface area contributed by atoms with E-state index in [1.807, 2.05) is 0 Å². The van der Waals surface area contributed by atoms with Gasteiger partial charge in [-0.3, -0.25) is 4.79 Å². The van der Waals surface area contributed by atoms with Crippen LogP contribution >= 0.6 is 39.1 Å². The highest BCUT2D eigenvalue weighted by molar-refractivity contribution is 9.10. The molecule has 3 nitrogen and oxygen atoms in total. The molecule has 0 amide bonds. The van der Waals surface area contributed by atoms with Crippen molar-refractivity contribution in [1.82, 2.24) is 0 Å². The van der Waals surface area contributed by atoms with E-state index in [0.29, 0.717) is 10.8 Å². The lowest BCUT2D eigenvalue weighted by atomic mass is 10.3. The molecule has 0 saturated carbocycles. The summed E-state index contributed by atoms with van der Waals surface area (Å²) in [5, 5.41) is 7.86. The Morgan fingerprint density at radius 3 is 2.87 bits per heavy atom. The van der Waals surface area contributed by atoms with Crippen molar-refractivity contribution in [1.29, 1.82) is 0 Å². The number of halogens is 3. The van der Waals surface area contributed by atoms with Gasteiger partial charge in [0.1, 0.15) is 12.4 Å². The van der Waals surface area contributed by atoms with Crippen molar-refractivity contribution in [2.45, 2.75) is 5.38 Å². The fourth-order valence-electron chi connectivity index (χ4n) is 0.822. The van der Waals surface area contributed by atoms with Crippen LogP contribution in [-0.4, -0.2) is 23.1 Å². The summed E-state index contributed by atoms with van der Waals surface area (Å²) in [6.07, 6.45) is 0. The molecular weight excluding hydrogens is 307 g/mol. The van der Waals surface area contributed by atoms with Gasteiger partial charge in [0, 0.05) is 4.47 Å². The molecule has 0 aromatic heterocycles. The van der Waals surface area contributed by atoms with Gasteiger partial charge in [-0.05, 0) is 18.2 Å². The molecule has 15 heavy (non-hydrogen) atoms. The van der Waals surface area contributed by atoms with Gasteiger partial charge in [0.2, 0.25) is 0 Å². The van der Waals surface area contributed by atoms with Crippen LogP contribution in [0.2, 0.25) is 5.02 Å². The minimum atomic E-state index is -1.12. The Morgan fingerprint density at radius 2 is 2.27 bits per heavy atom. The van der Waals surface area contributed by atoms with E-state index in [9.17, 15) is 4.79 Å². The molecule has 0 heterocycles. The van der Waals surface area contributed by atoms with Crippen molar-refractivity contribution in [3.8, 4) is 5.75 Å². The SMILES string of the molecule is O=C(O)C(Cl)COc1cc(Br)ccc1Cl. The summed E-state index contributed by atoms with van der Waals surface area (Å²) in [6.45, 7) is -0.132. The summed E-state index contributed by atoms with van der Waals surface area (Å²) < 4.78 is 5.96. The summed E-state index contributed by atoms with van der Waals surface area (Å²) in [6, 6.07) is 5.04. The first-order valence-corrected chi connectivity index (χ1v) is 5.56. The number of benzene rings is 1. The normalized spacial score (nSPS) is 12.2. The minimum absolute atomic E-state index is 0.132. The monoisotopic (exact) mass is 312 g/mol. The molecule has 1 aromatic rings. The first-order chi connectivity index (χ1) is 7.00. The van der Waals surface area contributed by atoms with Crippen LogP contribution in [0.15, 0.2) is 22.7 Å². The highest BCUT2D eigenvalue weighted by Gasteiger charge is 2.15. The predicted molar refractivity (Wildman–Crippen MR) is 61.9 cm³/mol. The van der Waals surface area contributed by atoms with Crippen LogP contribution in [0.25, 0.3) is 0 Å². The number of carboxylic acids is 1. The van der Waals surface area contributed by atoms with E-state index in [2.05, 4.69) is 15.9 Å². The van der Waals surface area contributed by atoms with Crippen molar-refractivity contribution in [3.05, 3.63) is 27.7 Å². The maximum absolute atomic E-state index is 10.4. The van der Waals surface area contributed by atoms with Crippen molar-refractivity contribution in [3.63, 3.8) is 0 Å². The Kier molecular flexibility index (Phi) is 4.70. The first kappa shape index (κ1) is 12.6. The molecule has 0 aliphatic heterocycles. The molecule has 0 aliphatic rings. The van der Waals surface area contributed by atoms with Gasteiger partial charge in [0.05, 0.1) is 5.02 Å². The van der Waals surface area contributed by atoms with Crippen molar-refractivity contribution in [2.24, 2.45) is 0 Å². The fourth-order valence-corrected chi connectivity index (χ4v) is 1.40. The molecule has 1 atom stereocenters. The molecular formula is C9H7BrCl2O3. The van der Waals surface area contributed by atoms with Gasteiger partial charge in [-0.1, -0.05) is 27.5 Å². The molecule has 0 saturated heterocycles. The molecule has 1 unspecified atom stereocenters. The van der Waals surface area contributed by atoms with Gasteiger partial charge in [-0.2, -0.15) is 0 Å². The van der Waals surface area contributed by atoms with Crippen molar-refractivity contribution >= 4 is 45.1 Å². The van der Waals surface area contributed by atoms with Crippen LogP contribution in [0, 0.1) is 0 Å². The summed E-state index contributed by atoms with van der Waals surface area (Å²) >= 11 is 14.5. The molecule has 6 heteroatoms. The zero-order valence-electron chi connectivity index (χ0n) is 7.41. The molecule has 0 fully saturated rings. The topological polar surface area (TPSA) is 46.5 Å². The molecule has 1 rings (SSSR count). The van der Waals surface area contributed by atoms with Gasteiger partial charge in [0.15, 0.2) is 5.38 Å². The predicted octanol–water partition coefficient (Wildman–Crippen LogP) is 3.17. The third-order valence-electron chi connectivity index (χ3n) is 1.55.